The Morgan fingerprint density at radius 1 is 1.16 bits per heavy atom. The molecule has 0 saturated heterocycles. The lowest BCUT2D eigenvalue weighted by atomic mass is 10.3. The maximum absolute atomic E-state index is 11.3. The molecule has 0 aliphatic heterocycles. The van der Waals surface area contributed by atoms with Crippen LogP contribution in [0.2, 0.25) is 0 Å². The molecule has 0 bridgehead atoms. The van der Waals surface area contributed by atoms with Crippen molar-refractivity contribution in [3.05, 3.63) is 24.7 Å². The first-order chi connectivity index (χ1) is 8.86. The summed E-state index contributed by atoms with van der Waals surface area (Å²) in [6, 6.07) is 0.251. The number of rotatable bonds is 8. The van der Waals surface area contributed by atoms with Crippen LogP contribution in [0.1, 0.15) is 13.8 Å². The largest absolute Gasteiger partial charge is 0.465 e. The maximum atomic E-state index is 11.3. The van der Waals surface area contributed by atoms with Crippen LogP contribution in [0.3, 0.4) is 0 Å². The Balaban J connectivity index is 4.19. The molecule has 0 aliphatic rings. The van der Waals surface area contributed by atoms with Crippen molar-refractivity contribution in [2.24, 2.45) is 0 Å². The molecule has 0 aliphatic carbocycles. The highest BCUT2D eigenvalue weighted by molar-refractivity contribution is 5.71. The molecule has 0 spiro atoms. The molecule has 0 heterocycles. The summed E-state index contributed by atoms with van der Waals surface area (Å²) in [4.78, 5) is 17.2. The molecule has 1 unspecified atom stereocenters. The fourth-order valence-corrected chi connectivity index (χ4v) is 1.24. The van der Waals surface area contributed by atoms with Gasteiger partial charge in [-0.3, -0.25) is 4.79 Å². The van der Waals surface area contributed by atoms with Crippen molar-refractivity contribution in [2.75, 3.05) is 41.3 Å². The zero-order valence-corrected chi connectivity index (χ0v) is 13.0. The van der Waals surface area contributed by atoms with Gasteiger partial charge in [-0.05, 0) is 26.1 Å². The number of esters is 1. The van der Waals surface area contributed by atoms with E-state index in [4.69, 9.17) is 4.74 Å². The zero-order valence-electron chi connectivity index (χ0n) is 13.0. The van der Waals surface area contributed by atoms with Crippen molar-refractivity contribution in [3.63, 3.8) is 0 Å². The molecular weight excluding hydrogens is 242 g/mol. The van der Waals surface area contributed by atoms with E-state index in [1.807, 2.05) is 69.6 Å². The van der Waals surface area contributed by atoms with Crippen LogP contribution in [0.5, 0.6) is 0 Å². The van der Waals surface area contributed by atoms with Gasteiger partial charge in [-0.15, -0.1) is 0 Å². The predicted molar refractivity (Wildman–Crippen MR) is 78.5 cm³/mol. The van der Waals surface area contributed by atoms with Crippen molar-refractivity contribution in [1.29, 1.82) is 0 Å². The van der Waals surface area contributed by atoms with E-state index in [2.05, 4.69) is 11.8 Å². The number of hydrogen-bond donors (Lipinski definition) is 0. The quantitative estimate of drug-likeness (QED) is 0.622. The number of ether oxygens (including phenoxy) is 1. The molecular formula is C14H27N3O2. The number of hydrogen-bond acceptors (Lipinski definition) is 5. The van der Waals surface area contributed by atoms with Crippen LogP contribution in [0.25, 0.3) is 0 Å². The van der Waals surface area contributed by atoms with Gasteiger partial charge in [0.15, 0.2) is 0 Å². The van der Waals surface area contributed by atoms with Crippen molar-refractivity contribution >= 4 is 5.97 Å². The van der Waals surface area contributed by atoms with Gasteiger partial charge in [-0.2, -0.15) is 0 Å². The average Bonchev–Trinajstić information content (AvgIpc) is 2.33. The van der Waals surface area contributed by atoms with E-state index in [-0.39, 0.29) is 18.6 Å². The average molecular weight is 269 g/mol. The van der Waals surface area contributed by atoms with Crippen molar-refractivity contribution in [2.45, 2.75) is 19.9 Å². The van der Waals surface area contributed by atoms with Crippen LogP contribution in [-0.4, -0.2) is 68.1 Å². The molecule has 0 fully saturated rings. The molecule has 0 radical (unpaired) electrons. The van der Waals surface area contributed by atoms with Gasteiger partial charge in [0.1, 0.15) is 6.54 Å². The lowest BCUT2D eigenvalue weighted by molar-refractivity contribution is -0.143. The van der Waals surface area contributed by atoms with Gasteiger partial charge in [0.2, 0.25) is 0 Å². The summed E-state index contributed by atoms with van der Waals surface area (Å²) >= 11 is 0. The monoisotopic (exact) mass is 269 g/mol. The highest BCUT2D eigenvalue weighted by Crippen LogP contribution is 2.00. The van der Waals surface area contributed by atoms with Gasteiger partial charge in [0.05, 0.1) is 6.61 Å². The normalized spacial score (nSPS) is 12.7. The Hall–Kier alpha value is -1.65. The third kappa shape index (κ3) is 8.99. The second kappa shape index (κ2) is 9.30. The van der Waals surface area contributed by atoms with Crippen LogP contribution in [0.15, 0.2) is 24.7 Å². The first kappa shape index (κ1) is 17.4. The van der Waals surface area contributed by atoms with Crippen molar-refractivity contribution < 1.29 is 9.53 Å². The Bertz CT molecular complexity index is 314. The van der Waals surface area contributed by atoms with Crippen LogP contribution >= 0.6 is 0 Å². The summed E-state index contributed by atoms with van der Waals surface area (Å²) < 4.78 is 4.89. The van der Waals surface area contributed by atoms with Gasteiger partial charge in [0, 0.05) is 46.6 Å². The number of carbonyl (C=O) groups excluding carboxylic acids is 1. The number of nitrogens with zero attached hydrogens (tertiary/aromatic N) is 3. The minimum atomic E-state index is -0.205. The molecule has 0 N–H and O–H groups in total. The van der Waals surface area contributed by atoms with Gasteiger partial charge in [-0.25, -0.2) is 0 Å². The topological polar surface area (TPSA) is 36.0 Å². The second-order valence-corrected chi connectivity index (χ2v) is 4.73. The van der Waals surface area contributed by atoms with E-state index < -0.39 is 0 Å². The zero-order chi connectivity index (χ0) is 14.8. The molecule has 0 aromatic rings. The summed E-state index contributed by atoms with van der Waals surface area (Å²) in [6.07, 6.45) is 7.95. The molecule has 19 heavy (non-hydrogen) atoms. The molecule has 0 aromatic carbocycles. The summed E-state index contributed by atoms with van der Waals surface area (Å²) in [5.74, 6) is -0.205. The molecule has 0 rings (SSSR count). The van der Waals surface area contributed by atoms with Gasteiger partial charge < -0.3 is 19.4 Å². The fourth-order valence-electron chi connectivity index (χ4n) is 1.24. The van der Waals surface area contributed by atoms with E-state index in [9.17, 15) is 4.79 Å². The summed E-state index contributed by atoms with van der Waals surface area (Å²) in [5.41, 5.74) is 0. The molecule has 1 atom stereocenters. The second-order valence-electron chi connectivity index (χ2n) is 4.73. The Labute approximate surface area is 117 Å². The third-order valence-electron chi connectivity index (χ3n) is 2.55. The minimum Gasteiger partial charge on any atom is -0.465 e. The molecule has 0 saturated carbocycles. The lowest BCUT2D eigenvalue weighted by Crippen LogP contribution is -2.25. The van der Waals surface area contributed by atoms with Crippen LogP contribution in [0, 0.1) is 0 Å². The van der Waals surface area contributed by atoms with E-state index in [1.165, 1.54) is 0 Å². The molecule has 0 aromatic heterocycles. The third-order valence-corrected chi connectivity index (χ3v) is 2.55. The highest BCUT2D eigenvalue weighted by atomic mass is 16.5. The van der Waals surface area contributed by atoms with Crippen LogP contribution in [-0.2, 0) is 9.53 Å². The Morgan fingerprint density at radius 2 is 1.79 bits per heavy atom. The fraction of sp³-hybridized carbons (Fsp3) is 0.643. The van der Waals surface area contributed by atoms with Crippen molar-refractivity contribution in [1.82, 2.24) is 14.7 Å². The van der Waals surface area contributed by atoms with Gasteiger partial charge >= 0.3 is 5.97 Å². The maximum Gasteiger partial charge on any atom is 0.325 e. The summed E-state index contributed by atoms with van der Waals surface area (Å²) in [5, 5.41) is 0. The smallest absolute Gasteiger partial charge is 0.325 e. The minimum absolute atomic E-state index is 0.205. The molecule has 110 valence electrons. The van der Waals surface area contributed by atoms with Crippen molar-refractivity contribution in [3.8, 4) is 0 Å². The first-order valence-electron chi connectivity index (χ1n) is 6.47. The summed E-state index contributed by atoms with van der Waals surface area (Å²) in [7, 11) is 7.84. The van der Waals surface area contributed by atoms with Gasteiger partial charge in [0.25, 0.3) is 0 Å². The lowest BCUT2D eigenvalue weighted by Gasteiger charge is -2.22. The summed E-state index contributed by atoms with van der Waals surface area (Å²) in [6.45, 7) is 4.59. The molecule has 5 nitrogen and oxygen atoms in total. The highest BCUT2D eigenvalue weighted by Gasteiger charge is 2.05. The Morgan fingerprint density at radius 3 is 2.32 bits per heavy atom. The van der Waals surface area contributed by atoms with E-state index in [1.54, 1.807) is 0 Å². The predicted octanol–water partition coefficient (Wildman–Crippen LogP) is 1.35. The molecule has 0 amide bonds. The van der Waals surface area contributed by atoms with Gasteiger partial charge in [-0.1, -0.05) is 0 Å². The Kier molecular flexibility index (Phi) is 8.49. The standard InChI is InChI=1S/C14H27N3O2/c1-7-19-14(18)12-16(5)9-8-13(2)17(6)11-10-15(3)4/h8-11,13H,7,12H2,1-6H3/b9-8+,11-10+. The molecule has 5 heteroatoms. The van der Waals surface area contributed by atoms with E-state index in [0.717, 1.165) is 0 Å². The van der Waals surface area contributed by atoms with E-state index in [0.29, 0.717) is 6.61 Å². The van der Waals surface area contributed by atoms with E-state index >= 15 is 0 Å². The first-order valence-corrected chi connectivity index (χ1v) is 6.47. The number of likely N-dealkylation sites (N-methyl/N-ethyl adjacent to an activating group) is 2. The number of carbonyl (C=O) groups is 1. The SMILES string of the molecule is CCOC(=O)CN(C)/C=C/C(C)N(C)/C=C/N(C)C. The van der Waals surface area contributed by atoms with Crippen LogP contribution < -0.4 is 0 Å². The van der Waals surface area contributed by atoms with Crippen LogP contribution in [0.4, 0.5) is 0 Å².